The largest absolute Gasteiger partial charge is 0.481 e. The van der Waals surface area contributed by atoms with Gasteiger partial charge in [0.15, 0.2) is 0 Å². The summed E-state index contributed by atoms with van der Waals surface area (Å²) in [6, 6.07) is 0. The minimum atomic E-state index is -0.754. The van der Waals surface area contributed by atoms with Gasteiger partial charge in [-0.25, -0.2) is 0 Å². The maximum absolute atomic E-state index is 10.7. The maximum Gasteiger partial charge on any atom is 0.304 e. The average molecular weight is 332 g/mol. The van der Waals surface area contributed by atoms with Gasteiger partial charge in [-0.2, -0.15) is 5.10 Å². The molecule has 19 heavy (non-hydrogen) atoms. The minimum absolute atomic E-state index is 0.173. The van der Waals surface area contributed by atoms with Crippen molar-refractivity contribution in [1.29, 1.82) is 0 Å². The predicted molar refractivity (Wildman–Crippen MR) is 78.2 cm³/mol. The first kappa shape index (κ1) is 16.2. The molecule has 0 saturated heterocycles. The molecule has 0 fully saturated rings. The quantitative estimate of drug-likeness (QED) is 0.795. The first-order valence-corrected chi connectivity index (χ1v) is 7.50. The summed E-state index contributed by atoms with van der Waals surface area (Å²) < 4.78 is 3.05. The number of halogens is 1. The minimum Gasteiger partial charge on any atom is -0.481 e. The summed E-state index contributed by atoms with van der Waals surface area (Å²) in [6.45, 7) is 9.14. The molecule has 0 radical (unpaired) electrons. The summed E-state index contributed by atoms with van der Waals surface area (Å²) in [5, 5.41) is 13.3. The van der Waals surface area contributed by atoms with Gasteiger partial charge in [0.05, 0.1) is 22.3 Å². The van der Waals surface area contributed by atoms with Gasteiger partial charge in [0.1, 0.15) is 0 Å². The third-order valence-electron chi connectivity index (χ3n) is 3.16. The highest BCUT2D eigenvalue weighted by Crippen LogP contribution is 2.23. The lowest BCUT2D eigenvalue weighted by atomic mass is 10.2. The van der Waals surface area contributed by atoms with Crippen molar-refractivity contribution < 1.29 is 9.90 Å². The monoisotopic (exact) mass is 331 g/mol. The molecule has 1 aromatic rings. The van der Waals surface area contributed by atoms with Gasteiger partial charge in [0.2, 0.25) is 0 Å². The van der Waals surface area contributed by atoms with Crippen LogP contribution in [0.4, 0.5) is 0 Å². The van der Waals surface area contributed by atoms with Crippen LogP contribution in [0.15, 0.2) is 4.47 Å². The summed E-state index contributed by atoms with van der Waals surface area (Å²) in [4.78, 5) is 12.8. The molecule has 6 heteroatoms. The van der Waals surface area contributed by atoms with Crippen LogP contribution in [-0.4, -0.2) is 38.8 Å². The van der Waals surface area contributed by atoms with E-state index in [1.54, 1.807) is 0 Å². The van der Waals surface area contributed by atoms with E-state index in [4.69, 9.17) is 5.11 Å². The summed E-state index contributed by atoms with van der Waals surface area (Å²) in [7, 11) is 0. The summed E-state index contributed by atoms with van der Waals surface area (Å²) >= 11 is 3.61. The fraction of sp³-hybridized carbons (Fsp3) is 0.692. The number of aliphatic carboxylic acids is 1. The molecule has 0 bridgehead atoms. The van der Waals surface area contributed by atoms with Crippen molar-refractivity contribution in [2.75, 3.05) is 13.1 Å². The molecule has 0 aromatic carbocycles. The molecule has 0 atom stereocenters. The Hall–Kier alpha value is -0.880. The Bertz CT molecular complexity index is 432. The molecule has 0 aliphatic carbocycles. The molecule has 0 aliphatic rings. The van der Waals surface area contributed by atoms with E-state index in [1.165, 1.54) is 0 Å². The lowest BCUT2D eigenvalue weighted by molar-refractivity contribution is -0.137. The van der Waals surface area contributed by atoms with Crippen molar-refractivity contribution >= 4 is 21.9 Å². The number of hydrogen-bond donors (Lipinski definition) is 1. The van der Waals surface area contributed by atoms with Crippen LogP contribution in [0.2, 0.25) is 0 Å². The van der Waals surface area contributed by atoms with Crippen molar-refractivity contribution in [3.05, 3.63) is 15.9 Å². The predicted octanol–water partition coefficient (Wildman–Crippen LogP) is 2.52. The van der Waals surface area contributed by atoms with E-state index < -0.39 is 5.97 Å². The molecule has 108 valence electrons. The number of hydrogen-bond acceptors (Lipinski definition) is 3. The van der Waals surface area contributed by atoms with Gasteiger partial charge in [0, 0.05) is 19.6 Å². The number of carboxylic acids is 1. The molecule has 1 N–H and O–H groups in total. The van der Waals surface area contributed by atoms with Crippen LogP contribution < -0.4 is 0 Å². The van der Waals surface area contributed by atoms with Gasteiger partial charge < -0.3 is 5.11 Å². The molecule has 0 spiro atoms. The summed E-state index contributed by atoms with van der Waals surface area (Å²) in [6.07, 6.45) is 1.06. The third kappa shape index (κ3) is 4.31. The molecule has 1 heterocycles. The number of aromatic nitrogens is 2. The fourth-order valence-electron chi connectivity index (χ4n) is 1.98. The van der Waals surface area contributed by atoms with Crippen LogP contribution in [0.5, 0.6) is 0 Å². The Morgan fingerprint density at radius 2 is 2.11 bits per heavy atom. The number of carbonyl (C=O) groups is 1. The van der Waals surface area contributed by atoms with E-state index in [1.807, 2.05) is 11.6 Å². The molecule has 0 aliphatic heterocycles. The lowest BCUT2D eigenvalue weighted by Crippen LogP contribution is -2.27. The number of nitrogens with zero attached hydrogens (tertiary/aromatic N) is 3. The van der Waals surface area contributed by atoms with Crippen molar-refractivity contribution in [2.45, 2.75) is 46.7 Å². The third-order valence-corrected chi connectivity index (χ3v) is 4.07. The molecule has 5 nitrogen and oxygen atoms in total. The summed E-state index contributed by atoms with van der Waals surface area (Å²) in [5.74, 6) is -0.754. The molecule has 1 rings (SSSR count). The fourth-order valence-corrected chi connectivity index (χ4v) is 2.67. The number of carboxylic acid groups (broad SMARTS) is 1. The van der Waals surface area contributed by atoms with E-state index in [9.17, 15) is 4.79 Å². The van der Waals surface area contributed by atoms with Crippen LogP contribution in [0.1, 0.15) is 38.6 Å². The van der Waals surface area contributed by atoms with Crippen molar-refractivity contribution in [1.82, 2.24) is 14.7 Å². The highest BCUT2D eigenvalue weighted by molar-refractivity contribution is 9.10. The van der Waals surface area contributed by atoms with E-state index in [0.29, 0.717) is 6.54 Å². The topological polar surface area (TPSA) is 58.4 Å². The smallest absolute Gasteiger partial charge is 0.304 e. The average Bonchev–Trinajstić information content (AvgIpc) is 2.70. The highest BCUT2D eigenvalue weighted by atomic mass is 79.9. The molecule has 0 saturated carbocycles. The molecule has 1 aromatic heterocycles. The van der Waals surface area contributed by atoms with Gasteiger partial charge in [-0.05, 0) is 35.8 Å². The van der Waals surface area contributed by atoms with Crippen LogP contribution in [0, 0.1) is 0 Å². The first-order chi connectivity index (χ1) is 9.03. The van der Waals surface area contributed by atoms with Crippen molar-refractivity contribution in [3.63, 3.8) is 0 Å². The first-order valence-electron chi connectivity index (χ1n) is 6.71. The van der Waals surface area contributed by atoms with Crippen molar-refractivity contribution in [3.8, 4) is 0 Å². The lowest BCUT2D eigenvalue weighted by Gasteiger charge is -2.20. The Balaban J connectivity index is 2.83. The Kier molecular flexibility index (Phi) is 6.51. The SMILES string of the molecule is CCc1nn(CC)c(CN(CC)CCC(=O)O)c1Br. The van der Waals surface area contributed by atoms with Crippen LogP contribution >= 0.6 is 15.9 Å². The molecular weight excluding hydrogens is 310 g/mol. The molecular formula is C13H22BrN3O2. The van der Waals surface area contributed by atoms with E-state index in [0.717, 1.165) is 41.9 Å². The molecule has 0 amide bonds. The standard InChI is InChI=1S/C13H22BrN3O2/c1-4-10-13(14)11(17(6-3)15-10)9-16(5-2)8-7-12(18)19/h4-9H2,1-3H3,(H,18,19). The van der Waals surface area contributed by atoms with Crippen LogP contribution in [0.3, 0.4) is 0 Å². The number of aryl methyl sites for hydroxylation is 2. The van der Waals surface area contributed by atoms with Gasteiger partial charge in [-0.15, -0.1) is 0 Å². The van der Waals surface area contributed by atoms with Gasteiger partial charge >= 0.3 is 5.97 Å². The zero-order valence-corrected chi connectivity index (χ0v) is 13.4. The Labute approximate surface area is 122 Å². The van der Waals surface area contributed by atoms with Crippen LogP contribution in [0.25, 0.3) is 0 Å². The van der Waals surface area contributed by atoms with Gasteiger partial charge in [-0.1, -0.05) is 13.8 Å². The second kappa shape index (κ2) is 7.65. The van der Waals surface area contributed by atoms with E-state index in [-0.39, 0.29) is 6.42 Å². The second-order valence-corrected chi connectivity index (χ2v) is 5.18. The van der Waals surface area contributed by atoms with E-state index in [2.05, 4.69) is 39.8 Å². The van der Waals surface area contributed by atoms with Gasteiger partial charge in [-0.3, -0.25) is 14.4 Å². The molecule has 0 unspecified atom stereocenters. The zero-order chi connectivity index (χ0) is 14.4. The Morgan fingerprint density at radius 3 is 2.58 bits per heavy atom. The van der Waals surface area contributed by atoms with Crippen LogP contribution in [-0.2, 0) is 24.3 Å². The maximum atomic E-state index is 10.7. The normalized spacial score (nSPS) is 11.2. The van der Waals surface area contributed by atoms with E-state index >= 15 is 0 Å². The second-order valence-electron chi connectivity index (χ2n) is 4.39. The summed E-state index contributed by atoms with van der Waals surface area (Å²) in [5.41, 5.74) is 2.19. The number of rotatable bonds is 8. The zero-order valence-electron chi connectivity index (χ0n) is 11.8. The van der Waals surface area contributed by atoms with Gasteiger partial charge in [0.25, 0.3) is 0 Å². The Morgan fingerprint density at radius 1 is 1.42 bits per heavy atom. The highest BCUT2D eigenvalue weighted by Gasteiger charge is 2.16. The van der Waals surface area contributed by atoms with Crippen molar-refractivity contribution in [2.24, 2.45) is 0 Å².